The van der Waals surface area contributed by atoms with Crippen molar-refractivity contribution < 1.29 is 13.2 Å². The van der Waals surface area contributed by atoms with Crippen LogP contribution in [-0.2, 0) is 14.8 Å². The molecule has 2 saturated heterocycles. The maximum Gasteiger partial charge on any atom is 0.243 e. The number of fused-ring (bicyclic) bond motifs is 1. The first kappa shape index (κ1) is 23.5. The van der Waals surface area contributed by atoms with E-state index >= 15 is 0 Å². The lowest BCUT2D eigenvalue weighted by atomic mass is 9.93. The van der Waals surface area contributed by atoms with E-state index in [1.54, 1.807) is 16.4 Å². The van der Waals surface area contributed by atoms with Gasteiger partial charge < -0.3 is 10.2 Å². The minimum atomic E-state index is -3.46. The summed E-state index contributed by atoms with van der Waals surface area (Å²) < 4.78 is 27.7. The van der Waals surface area contributed by atoms with Gasteiger partial charge in [-0.1, -0.05) is 25.7 Å². The van der Waals surface area contributed by atoms with Gasteiger partial charge in [-0.2, -0.15) is 4.31 Å². The van der Waals surface area contributed by atoms with Crippen molar-refractivity contribution in [2.24, 2.45) is 5.92 Å². The van der Waals surface area contributed by atoms with Crippen molar-refractivity contribution in [1.82, 2.24) is 14.6 Å². The molecule has 2 aromatic rings. The predicted molar refractivity (Wildman–Crippen MR) is 134 cm³/mol. The topological polar surface area (TPSA) is 82.6 Å². The summed E-state index contributed by atoms with van der Waals surface area (Å²) in [5.41, 5.74) is 0.781. The van der Waals surface area contributed by atoms with Crippen LogP contribution in [0.25, 0.3) is 10.9 Å². The molecule has 0 spiro atoms. The third-order valence-corrected chi connectivity index (χ3v) is 9.56. The Bertz CT molecular complexity index is 1120. The van der Waals surface area contributed by atoms with Gasteiger partial charge in [0.05, 0.1) is 16.3 Å². The zero-order valence-corrected chi connectivity index (χ0v) is 20.7. The molecule has 1 atom stereocenters. The fourth-order valence-electron chi connectivity index (χ4n) is 5.65. The van der Waals surface area contributed by atoms with E-state index in [9.17, 15) is 13.2 Å². The van der Waals surface area contributed by atoms with Crippen LogP contribution in [0.2, 0.25) is 0 Å². The van der Waals surface area contributed by atoms with E-state index in [0.717, 1.165) is 68.2 Å². The normalized spacial score (nSPS) is 23.2. The highest BCUT2D eigenvalue weighted by molar-refractivity contribution is 7.89. The van der Waals surface area contributed by atoms with Crippen molar-refractivity contribution in [2.45, 2.75) is 75.1 Å². The van der Waals surface area contributed by atoms with E-state index in [2.05, 4.69) is 10.2 Å². The molecule has 184 valence electrons. The zero-order valence-electron chi connectivity index (χ0n) is 19.9. The molecule has 1 aliphatic carbocycles. The fourth-order valence-corrected chi connectivity index (χ4v) is 7.20. The Morgan fingerprint density at radius 1 is 0.882 bits per heavy atom. The van der Waals surface area contributed by atoms with E-state index in [1.165, 1.54) is 19.3 Å². The summed E-state index contributed by atoms with van der Waals surface area (Å²) >= 11 is 0. The summed E-state index contributed by atoms with van der Waals surface area (Å²) in [7, 11) is -3.46. The molecule has 5 rings (SSSR count). The van der Waals surface area contributed by atoms with Gasteiger partial charge in [0.2, 0.25) is 15.9 Å². The number of nitrogens with zero attached hydrogens (tertiary/aromatic N) is 3. The van der Waals surface area contributed by atoms with Gasteiger partial charge >= 0.3 is 0 Å². The number of benzene rings is 1. The van der Waals surface area contributed by atoms with Crippen molar-refractivity contribution in [2.75, 3.05) is 31.1 Å². The number of hydrogen-bond acceptors (Lipinski definition) is 5. The lowest BCUT2D eigenvalue weighted by Crippen LogP contribution is -2.46. The second-order valence-electron chi connectivity index (χ2n) is 10.1. The largest absolute Gasteiger partial charge is 0.356 e. The maximum absolute atomic E-state index is 13.0. The number of carbonyl (C=O) groups excluding carboxylic acids is 1. The number of anilines is 1. The molecule has 1 N–H and O–H groups in total. The van der Waals surface area contributed by atoms with Crippen molar-refractivity contribution in [3.8, 4) is 0 Å². The number of rotatable bonds is 5. The minimum Gasteiger partial charge on any atom is -0.356 e. The van der Waals surface area contributed by atoms with Crippen LogP contribution in [0.1, 0.15) is 64.2 Å². The highest BCUT2D eigenvalue weighted by Crippen LogP contribution is 2.28. The third-order valence-electron chi connectivity index (χ3n) is 7.67. The van der Waals surface area contributed by atoms with E-state index in [4.69, 9.17) is 4.98 Å². The molecule has 0 radical (unpaired) electrons. The first-order chi connectivity index (χ1) is 16.5. The minimum absolute atomic E-state index is 0.00904. The molecule has 1 aromatic carbocycles. The Morgan fingerprint density at radius 2 is 1.65 bits per heavy atom. The van der Waals surface area contributed by atoms with Crippen LogP contribution in [-0.4, -0.2) is 55.8 Å². The number of aromatic nitrogens is 1. The molecule has 1 amide bonds. The second kappa shape index (κ2) is 10.2. The van der Waals surface area contributed by atoms with Crippen LogP contribution in [0.3, 0.4) is 0 Å². The van der Waals surface area contributed by atoms with Gasteiger partial charge in [-0.15, -0.1) is 0 Å². The first-order valence-corrected chi connectivity index (χ1v) is 14.4. The molecular formula is C26H36N4O3S. The van der Waals surface area contributed by atoms with Gasteiger partial charge in [-0.05, 0) is 68.9 Å². The van der Waals surface area contributed by atoms with E-state index in [1.807, 2.05) is 18.2 Å². The predicted octanol–water partition coefficient (Wildman–Crippen LogP) is 4.07. The third kappa shape index (κ3) is 5.08. The molecule has 3 fully saturated rings. The zero-order chi connectivity index (χ0) is 23.5. The summed E-state index contributed by atoms with van der Waals surface area (Å²) in [5.74, 6) is 1.03. The highest BCUT2D eigenvalue weighted by atomic mass is 32.2. The van der Waals surface area contributed by atoms with Crippen molar-refractivity contribution in [1.29, 1.82) is 0 Å². The second-order valence-corrected chi connectivity index (χ2v) is 12.1. The average molecular weight is 485 g/mol. The van der Waals surface area contributed by atoms with Crippen molar-refractivity contribution in [3.63, 3.8) is 0 Å². The van der Waals surface area contributed by atoms with Crippen LogP contribution in [0.15, 0.2) is 35.2 Å². The highest BCUT2D eigenvalue weighted by Gasteiger charge is 2.29. The molecule has 7 nitrogen and oxygen atoms in total. The van der Waals surface area contributed by atoms with Crippen LogP contribution >= 0.6 is 0 Å². The lowest BCUT2D eigenvalue weighted by Gasteiger charge is -2.34. The average Bonchev–Trinajstić information content (AvgIpc) is 2.89. The molecule has 3 aliphatic rings. The summed E-state index contributed by atoms with van der Waals surface area (Å²) in [4.78, 5) is 20.3. The molecule has 0 unspecified atom stereocenters. The van der Waals surface area contributed by atoms with Gasteiger partial charge in [0.15, 0.2) is 0 Å². The van der Waals surface area contributed by atoms with E-state index < -0.39 is 10.0 Å². The molecule has 1 saturated carbocycles. The van der Waals surface area contributed by atoms with Gasteiger partial charge in [-0.25, -0.2) is 13.4 Å². The van der Waals surface area contributed by atoms with E-state index in [-0.39, 0.29) is 11.8 Å². The summed E-state index contributed by atoms with van der Waals surface area (Å²) in [6, 6.07) is 9.49. The molecule has 8 heteroatoms. The smallest absolute Gasteiger partial charge is 0.243 e. The lowest BCUT2D eigenvalue weighted by molar-refractivity contribution is -0.126. The van der Waals surface area contributed by atoms with Crippen LogP contribution < -0.4 is 10.2 Å². The number of nitrogens with one attached hydrogen (secondary N) is 1. The quantitative estimate of drug-likeness (QED) is 0.692. The van der Waals surface area contributed by atoms with Gasteiger partial charge in [0, 0.05) is 37.6 Å². The SMILES string of the molecule is O=C(NC1CCCCC1)[C@H]1CCCN(c2ccc3cc(S(=O)(=O)N4CCCCC4)ccc3n2)C1. The number of pyridine rings is 1. The van der Waals surface area contributed by atoms with Crippen molar-refractivity contribution in [3.05, 3.63) is 30.3 Å². The van der Waals surface area contributed by atoms with Gasteiger partial charge in [0.1, 0.15) is 5.82 Å². The van der Waals surface area contributed by atoms with E-state index in [0.29, 0.717) is 30.6 Å². The number of hydrogen-bond donors (Lipinski definition) is 1. The molecular weight excluding hydrogens is 448 g/mol. The Hall–Kier alpha value is -2.19. The summed E-state index contributed by atoms with van der Waals surface area (Å²) in [5, 5.41) is 4.12. The van der Waals surface area contributed by atoms with Crippen molar-refractivity contribution >= 4 is 32.7 Å². The van der Waals surface area contributed by atoms with Crippen LogP contribution in [0.5, 0.6) is 0 Å². The maximum atomic E-state index is 13.0. The molecule has 2 aliphatic heterocycles. The van der Waals surface area contributed by atoms with Crippen LogP contribution in [0.4, 0.5) is 5.82 Å². The van der Waals surface area contributed by atoms with Gasteiger partial charge in [-0.3, -0.25) is 4.79 Å². The number of amides is 1. The number of carbonyl (C=O) groups is 1. The standard InChI is InChI=1S/C26H36N4O3S/c31-26(27-22-9-3-1-4-10-22)21-8-7-15-29(19-21)25-14-11-20-18-23(12-13-24(20)28-25)34(32,33)30-16-5-2-6-17-30/h11-14,18,21-22H,1-10,15-17,19H2,(H,27,31)/t21-/m0/s1. The molecule has 34 heavy (non-hydrogen) atoms. The molecule has 1 aromatic heterocycles. The van der Waals surface area contributed by atoms with Crippen LogP contribution in [0, 0.1) is 5.92 Å². The Labute approximate surface area is 203 Å². The first-order valence-electron chi connectivity index (χ1n) is 13.0. The fraction of sp³-hybridized carbons (Fsp3) is 0.615. The Balaban J connectivity index is 1.29. The number of piperidine rings is 2. The monoisotopic (exact) mass is 484 g/mol. The molecule has 0 bridgehead atoms. The summed E-state index contributed by atoms with van der Waals surface area (Å²) in [6.45, 7) is 2.76. The Morgan fingerprint density at radius 3 is 2.44 bits per heavy atom. The molecule has 3 heterocycles. The Kier molecular flexibility index (Phi) is 7.06. The van der Waals surface area contributed by atoms with Gasteiger partial charge in [0.25, 0.3) is 0 Å². The number of sulfonamides is 1. The summed E-state index contributed by atoms with van der Waals surface area (Å²) in [6.07, 6.45) is 10.7.